The highest BCUT2D eigenvalue weighted by Crippen LogP contribution is 2.05. The van der Waals surface area contributed by atoms with E-state index in [-0.39, 0.29) is 0 Å². The van der Waals surface area contributed by atoms with Crippen LogP contribution < -0.4 is 5.32 Å². The second kappa shape index (κ2) is 7.41. The number of hydrogen-bond acceptors (Lipinski definition) is 3. The van der Waals surface area contributed by atoms with Crippen molar-refractivity contribution in [3.63, 3.8) is 0 Å². The van der Waals surface area contributed by atoms with Crippen molar-refractivity contribution in [2.24, 2.45) is 5.92 Å². The third-order valence-electron chi connectivity index (χ3n) is 3.00. The lowest BCUT2D eigenvalue weighted by molar-refractivity contribution is 0.251. The third kappa shape index (κ3) is 4.33. The van der Waals surface area contributed by atoms with Gasteiger partial charge in [-0.15, -0.1) is 0 Å². The smallest absolute Gasteiger partial charge is 0.105 e. The Hall–Kier alpha value is -0.870. The molecule has 1 aromatic rings. The average molecular weight is 225 g/mol. The quantitative estimate of drug-likeness (QED) is 0.653. The van der Waals surface area contributed by atoms with Gasteiger partial charge in [-0.2, -0.15) is 0 Å². The number of rotatable bonds is 8. The van der Waals surface area contributed by atoms with Crippen molar-refractivity contribution in [1.82, 2.24) is 14.9 Å². The zero-order chi connectivity index (χ0) is 11.8. The molecule has 1 unspecified atom stereocenters. The van der Waals surface area contributed by atoms with Crippen molar-refractivity contribution in [3.8, 4) is 0 Å². The first-order chi connectivity index (χ1) is 7.77. The monoisotopic (exact) mass is 225 g/mol. The summed E-state index contributed by atoms with van der Waals surface area (Å²) in [7, 11) is 0. The summed E-state index contributed by atoms with van der Waals surface area (Å²) in [4.78, 5) is 4.18. The van der Waals surface area contributed by atoms with Crippen LogP contribution in [0.15, 0.2) is 12.4 Å². The molecule has 0 saturated heterocycles. The van der Waals surface area contributed by atoms with Crippen LogP contribution >= 0.6 is 0 Å². The minimum atomic E-state index is 0.292. The molecule has 16 heavy (non-hydrogen) atoms. The Morgan fingerprint density at radius 3 is 2.94 bits per heavy atom. The van der Waals surface area contributed by atoms with Crippen LogP contribution in [0.25, 0.3) is 0 Å². The normalized spacial score (nSPS) is 12.9. The van der Waals surface area contributed by atoms with Crippen LogP contribution in [0.5, 0.6) is 0 Å². The fourth-order valence-corrected chi connectivity index (χ4v) is 1.78. The van der Waals surface area contributed by atoms with Crippen molar-refractivity contribution in [2.45, 2.75) is 33.2 Å². The molecule has 4 nitrogen and oxygen atoms in total. The highest BCUT2D eigenvalue weighted by atomic mass is 16.3. The van der Waals surface area contributed by atoms with Crippen LogP contribution in [-0.4, -0.2) is 34.4 Å². The molecule has 4 heteroatoms. The molecule has 0 bridgehead atoms. The SMILES string of the molecule is CCC(CCO)CNCCn1ccnc1C. The van der Waals surface area contributed by atoms with E-state index in [9.17, 15) is 0 Å². The molecule has 0 saturated carbocycles. The van der Waals surface area contributed by atoms with Crippen LogP contribution in [0.4, 0.5) is 0 Å². The van der Waals surface area contributed by atoms with Gasteiger partial charge in [-0.3, -0.25) is 0 Å². The molecule has 0 aliphatic rings. The maximum atomic E-state index is 8.87. The van der Waals surface area contributed by atoms with Gasteiger partial charge in [0.15, 0.2) is 0 Å². The van der Waals surface area contributed by atoms with Crippen LogP contribution in [0.2, 0.25) is 0 Å². The summed E-state index contributed by atoms with van der Waals surface area (Å²) in [6.45, 7) is 7.38. The number of aliphatic hydroxyl groups is 1. The Bertz CT molecular complexity index is 286. The van der Waals surface area contributed by atoms with Gasteiger partial charge in [-0.05, 0) is 25.8 Å². The Balaban J connectivity index is 2.14. The molecule has 0 aromatic carbocycles. The van der Waals surface area contributed by atoms with Gasteiger partial charge in [-0.25, -0.2) is 4.98 Å². The van der Waals surface area contributed by atoms with Gasteiger partial charge < -0.3 is 15.0 Å². The lowest BCUT2D eigenvalue weighted by Crippen LogP contribution is -2.26. The maximum absolute atomic E-state index is 8.87. The van der Waals surface area contributed by atoms with Crippen LogP contribution in [0.3, 0.4) is 0 Å². The van der Waals surface area contributed by atoms with Crippen molar-refractivity contribution in [3.05, 3.63) is 18.2 Å². The Morgan fingerprint density at radius 2 is 2.38 bits per heavy atom. The van der Waals surface area contributed by atoms with Gasteiger partial charge in [0.05, 0.1) is 0 Å². The lowest BCUT2D eigenvalue weighted by Gasteiger charge is -2.14. The zero-order valence-electron chi connectivity index (χ0n) is 10.3. The second-order valence-corrected chi connectivity index (χ2v) is 4.16. The largest absolute Gasteiger partial charge is 0.396 e. The van der Waals surface area contributed by atoms with Crippen molar-refractivity contribution in [2.75, 3.05) is 19.7 Å². The summed E-state index contributed by atoms with van der Waals surface area (Å²) in [6.07, 6.45) is 5.85. The number of aromatic nitrogens is 2. The number of aliphatic hydroxyl groups excluding tert-OH is 1. The van der Waals surface area contributed by atoms with Crippen LogP contribution in [0.1, 0.15) is 25.6 Å². The molecule has 1 atom stereocenters. The van der Waals surface area contributed by atoms with Gasteiger partial charge in [-0.1, -0.05) is 13.3 Å². The van der Waals surface area contributed by atoms with Gasteiger partial charge >= 0.3 is 0 Å². The topological polar surface area (TPSA) is 50.1 Å². The van der Waals surface area contributed by atoms with E-state index in [4.69, 9.17) is 5.11 Å². The zero-order valence-corrected chi connectivity index (χ0v) is 10.3. The Labute approximate surface area is 97.7 Å². The molecule has 92 valence electrons. The summed E-state index contributed by atoms with van der Waals surface area (Å²) >= 11 is 0. The lowest BCUT2D eigenvalue weighted by atomic mass is 10.0. The third-order valence-corrected chi connectivity index (χ3v) is 3.00. The summed E-state index contributed by atoms with van der Waals surface area (Å²) in [5.74, 6) is 1.65. The molecule has 1 rings (SSSR count). The molecular formula is C12H23N3O. The number of nitrogens with one attached hydrogen (secondary N) is 1. The Morgan fingerprint density at radius 1 is 1.56 bits per heavy atom. The summed E-state index contributed by atoms with van der Waals surface area (Å²) in [6, 6.07) is 0. The van der Waals surface area contributed by atoms with E-state index in [1.807, 2.05) is 19.3 Å². The fraction of sp³-hybridized carbons (Fsp3) is 0.750. The van der Waals surface area contributed by atoms with E-state index >= 15 is 0 Å². The van der Waals surface area contributed by atoms with Gasteiger partial charge in [0, 0.05) is 32.1 Å². The van der Waals surface area contributed by atoms with Gasteiger partial charge in [0.2, 0.25) is 0 Å². The van der Waals surface area contributed by atoms with Crippen molar-refractivity contribution >= 4 is 0 Å². The minimum absolute atomic E-state index is 0.292. The predicted octanol–water partition coefficient (Wildman–Crippen LogP) is 1.19. The summed E-state index contributed by atoms with van der Waals surface area (Å²) < 4.78 is 2.14. The molecule has 0 fully saturated rings. The first-order valence-electron chi connectivity index (χ1n) is 6.07. The summed E-state index contributed by atoms with van der Waals surface area (Å²) in [5, 5.41) is 12.3. The first-order valence-corrected chi connectivity index (χ1v) is 6.07. The van der Waals surface area contributed by atoms with E-state index in [1.165, 1.54) is 0 Å². The second-order valence-electron chi connectivity index (χ2n) is 4.16. The maximum Gasteiger partial charge on any atom is 0.105 e. The van der Waals surface area contributed by atoms with Crippen LogP contribution in [0, 0.1) is 12.8 Å². The molecule has 0 aliphatic heterocycles. The number of imidazole rings is 1. The van der Waals surface area contributed by atoms with E-state index in [2.05, 4.69) is 21.8 Å². The number of aryl methyl sites for hydroxylation is 1. The van der Waals surface area contributed by atoms with Crippen molar-refractivity contribution < 1.29 is 5.11 Å². The first kappa shape index (κ1) is 13.2. The van der Waals surface area contributed by atoms with E-state index < -0.39 is 0 Å². The molecular weight excluding hydrogens is 202 g/mol. The van der Waals surface area contributed by atoms with E-state index in [0.717, 1.165) is 38.3 Å². The van der Waals surface area contributed by atoms with E-state index in [0.29, 0.717) is 12.5 Å². The van der Waals surface area contributed by atoms with Gasteiger partial charge in [0.25, 0.3) is 0 Å². The number of nitrogens with zero attached hydrogens (tertiary/aromatic N) is 2. The minimum Gasteiger partial charge on any atom is -0.396 e. The molecule has 0 radical (unpaired) electrons. The Kier molecular flexibility index (Phi) is 6.11. The standard InChI is InChI=1S/C12H23N3O/c1-3-12(4-9-16)10-13-5-7-15-8-6-14-11(15)2/h6,8,12-13,16H,3-5,7,9-10H2,1-2H3. The predicted molar refractivity (Wildman–Crippen MR) is 65.3 cm³/mol. The molecule has 0 aliphatic carbocycles. The molecule has 1 heterocycles. The van der Waals surface area contributed by atoms with E-state index in [1.54, 1.807) is 0 Å². The van der Waals surface area contributed by atoms with Crippen LogP contribution in [-0.2, 0) is 6.54 Å². The molecule has 0 spiro atoms. The van der Waals surface area contributed by atoms with Gasteiger partial charge in [0.1, 0.15) is 5.82 Å². The molecule has 1 aromatic heterocycles. The molecule has 2 N–H and O–H groups in total. The average Bonchev–Trinajstić information content (AvgIpc) is 2.69. The number of hydrogen-bond donors (Lipinski definition) is 2. The highest BCUT2D eigenvalue weighted by molar-refractivity contribution is 4.88. The van der Waals surface area contributed by atoms with Crippen molar-refractivity contribution in [1.29, 1.82) is 0 Å². The highest BCUT2D eigenvalue weighted by Gasteiger charge is 2.04. The fourth-order valence-electron chi connectivity index (χ4n) is 1.78. The molecule has 0 amide bonds. The summed E-state index contributed by atoms with van der Waals surface area (Å²) in [5.41, 5.74) is 0.